The fourth-order valence-corrected chi connectivity index (χ4v) is 1.05. The summed E-state index contributed by atoms with van der Waals surface area (Å²) in [6.07, 6.45) is -3.85. The van der Waals surface area contributed by atoms with E-state index in [1.165, 1.54) is 24.3 Å². The molecule has 0 amide bonds. The smallest absolute Gasteiger partial charge is 0.392 e. The normalized spacial score (nSPS) is 11.9. The van der Waals surface area contributed by atoms with Crippen LogP contribution in [0, 0.1) is 0 Å². The molecule has 0 fully saturated rings. The lowest BCUT2D eigenvalue weighted by atomic mass is 10.1. The number of hydrogen-bond donors (Lipinski definition) is 1. The highest BCUT2D eigenvalue weighted by Gasteiger charge is 2.24. The van der Waals surface area contributed by atoms with Crippen molar-refractivity contribution in [3.8, 4) is 5.75 Å². The van der Waals surface area contributed by atoms with E-state index in [4.69, 9.17) is 5.11 Å². The molecule has 0 radical (unpaired) electrons. The molecule has 5 heteroatoms. The maximum atomic E-state index is 11.8. The van der Waals surface area contributed by atoms with Crippen molar-refractivity contribution in [1.29, 1.82) is 0 Å². The van der Waals surface area contributed by atoms with Crippen LogP contribution in [0.15, 0.2) is 36.4 Å². The summed E-state index contributed by atoms with van der Waals surface area (Å²) in [7, 11) is 0. The first-order valence-corrected chi connectivity index (χ1v) is 4.45. The van der Waals surface area contributed by atoms with Gasteiger partial charge in [-0.05, 0) is 18.2 Å². The predicted octanol–water partition coefficient (Wildman–Crippen LogP) is 3.08. The Balaban J connectivity index is 2.66. The summed E-state index contributed by atoms with van der Waals surface area (Å²) in [6.45, 7) is 0. The van der Waals surface area contributed by atoms with Crippen molar-refractivity contribution < 1.29 is 23.1 Å². The van der Waals surface area contributed by atoms with Crippen molar-refractivity contribution in [3.63, 3.8) is 0 Å². The minimum atomic E-state index is -4.31. The van der Waals surface area contributed by atoms with E-state index in [1.807, 2.05) is 0 Å². The molecule has 0 aliphatic carbocycles. The van der Waals surface area contributed by atoms with Crippen LogP contribution in [0.5, 0.6) is 5.75 Å². The van der Waals surface area contributed by atoms with Gasteiger partial charge in [0, 0.05) is 5.56 Å². The van der Waals surface area contributed by atoms with Crippen molar-refractivity contribution in [2.75, 3.05) is 0 Å². The molecule has 0 saturated carbocycles. The number of phenols is 1. The van der Waals surface area contributed by atoms with Gasteiger partial charge in [0.2, 0.25) is 0 Å². The Morgan fingerprint density at radius 3 is 2.62 bits per heavy atom. The van der Waals surface area contributed by atoms with Crippen LogP contribution >= 0.6 is 0 Å². The first kappa shape index (κ1) is 12.3. The highest BCUT2D eigenvalue weighted by Crippen LogP contribution is 2.20. The van der Waals surface area contributed by atoms with Gasteiger partial charge in [0.1, 0.15) is 5.75 Å². The summed E-state index contributed by atoms with van der Waals surface area (Å²) < 4.78 is 35.3. The minimum Gasteiger partial charge on any atom is -0.508 e. The molecule has 0 bridgehead atoms. The number of ketones is 1. The van der Waals surface area contributed by atoms with E-state index >= 15 is 0 Å². The van der Waals surface area contributed by atoms with Crippen LogP contribution in [0.4, 0.5) is 13.2 Å². The van der Waals surface area contributed by atoms with Crippen molar-refractivity contribution in [1.82, 2.24) is 0 Å². The summed E-state index contributed by atoms with van der Waals surface area (Å²) in [5.74, 6) is -0.671. The third kappa shape index (κ3) is 4.16. The van der Waals surface area contributed by atoms with Gasteiger partial charge < -0.3 is 5.11 Å². The quantitative estimate of drug-likeness (QED) is 0.640. The number of carbonyl (C=O) groups is 1. The van der Waals surface area contributed by atoms with Crippen LogP contribution in [0.3, 0.4) is 0 Å². The molecule has 0 atom stereocenters. The molecule has 2 nitrogen and oxygen atoms in total. The Bertz CT molecular complexity index is 408. The number of hydrogen-bond acceptors (Lipinski definition) is 2. The molecule has 0 aliphatic heterocycles. The lowest BCUT2D eigenvalue weighted by Gasteiger charge is -2.00. The summed E-state index contributed by atoms with van der Waals surface area (Å²) in [6, 6.07) is 5.43. The molecular formula is C11H9F3O2. The van der Waals surface area contributed by atoms with Gasteiger partial charge in [-0.1, -0.05) is 18.2 Å². The fraction of sp³-hybridized carbons (Fsp3) is 0.182. The summed E-state index contributed by atoms with van der Waals surface area (Å²) in [5, 5.41) is 9.06. The van der Waals surface area contributed by atoms with Crippen molar-refractivity contribution >= 4 is 5.78 Å². The van der Waals surface area contributed by atoms with Gasteiger partial charge in [-0.25, -0.2) is 0 Å². The third-order valence-electron chi connectivity index (χ3n) is 1.75. The summed E-state index contributed by atoms with van der Waals surface area (Å²) >= 11 is 0. The van der Waals surface area contributed by atoms with E-state index in [9.17, 15) is 18.0 Å². The number of carbonyl (C=O) groups excluding carboxylic acids is 1. The maximum Gasteiger partial charge on any atom is 0.392 e. The van der Waals surface area contributed by atoms with Crippen LogP contribution in [-0.2, 0) is 0 Å². The van der Waals surface area contributed by atoms with Gasteiger partial charge in [-0.15, -0.1) is 0 Å². The van der Waals surface area contributed by atoms with Crippen LogP contribution in [-0.4, -0.2) is 17.1 Å². The molecule has 0 saturated heterocycles. The van der Waals surface area contributed by atoms with E-state index in [2.05, 4.69) is 0 Å². The van der Waals surface area contributed by atoms with Crippen molar-refractivity contribution in [3.05, 3.63) is 42.0 Å². The second kappa shape index (κ2) is 4.83. The Kier molecular flexibility index (Phi) is 3.71. The molecule has 0 aliphatic rings. The first-order valence-electron chi connectivity index (χ1n) is 4.45. The molecule has 0 spiro atoms. The van der Waals surface area contributed by atoms with Gasteiger partial charge >= 0.3 is 6.18 Å². The van der Waals surface area contributed by atoms with Crippen LogP contribution < -0.4 is 0 Å². The minimum absolute atomic E-state index is 0.102. The lowest BCUT2D eigenvalue weighted by Crippen LogP contribution is -2.04. The molecule has 1 aromatic rings. The highest BCUT2D eigenvalue weighted by atomic mass is 19.4. The average molecular weight is 230 g/mol. The maximum absolute atomic E-state index is 11.8. The third-order valence-corrected chi connectivity index (χ3v) is 1.75. The molecular weight excluding hydrogens is 221 g/mol. The Labute approximate surface area is 90.0 Å². The molecule has 1 aromatic carbocycles. The van der Waals surface area contributed by atoms with Gasteiger partial charge in [0.25, 0.3) is 0 Å². The Morgan fingerprint density at radius 2 is 2.06 bits per heavy atom. The van der Waals surface area contributed by atoms with Gasteiger partial charge in [-0.2, -0.15) is 13.2 Å². The zero-order valence-corrected chi connectivity index (χ0v) is 8.16. The van der Waals surface area contributed by atoms with Crippen molar-refractivity contribution in [2.24, 2.45) is 0 Å². The van der Waals surface area contributed by atoms with Crippen LogP contribution in [0.25, 0.3) is 0 Å². The molecule has 0 heterocycles. The summed E-state index contributed by atoms with van der Waals surface area (Å²) in [4.78, 5) is 11.3. The monoisotopic (exact) mass is 230 g/mol. The van der Waals surface area contributed by atoms with E-state index in [0.717, 1.165) is 12.2 Å². The number of phenolic OH excluding ortho intramolecular Hbond substituents is 1. The zero-order valence-electron chi connectivity index (χ0n) is 8.16. The fourth-order valence-electron chi connectivity index (χ4n) is 1.05. The van der Waals surface area contributed by atoms with E-state index in [1.54, 1.807) is 0 Å². The van der Waals surface area contributed by atoms with E-state index in [-0.39, 0.29) is 11.3 Å². The molecule has 0 aromatic heterocycles. The second-order valence-electron chi connectivity index (χ2n) is 3.14. The molecule has 86 valence electrons. The number of aromatic hydroxyl groups is 1. The molecule has 1 rings (SSSR count). The number of rotatable bonds is 3. The molecule has 0 unspecified atom stereocenters. The van der Waals surface area contributed by atoms with Gasteiger partial charge in [0.15, 0.2) is 5.78 Å². The van der Waals surface area contributed by atoms with Crippen LogP contribution in [0.1, 0.15) is 16.8 Å². The standard InChI is InChI=1S/C11H9F3O2/c12-11(13,14)6-2-5-10(16)8-3-1-4-9(15)7-8/h1-5,7,15H,6H2/b5-2+. The first-order chi connectivity index (χ1) is 7.38. The number of allylic oxidation sites excluding steroid dienone is 2. The topological polar surface area (TPSA) is 37.3 Å². The second-order valence-corrected chi connectivity index (χ2v) is 3.14. The highest BCUT2D eigenvalue weighted by molar-refractivity contribution is 6.04. The van der Waals surface area contributed by atoms with E-state index in [0.29, 0.717) is 0 Å². The molecule has 16 heavy (non-hydrogen) atoms. The zero-order chi connectivity index (χ0) is 12.2. The van der Waals surface area contributed by atoms with Gasteiger partial charge in [0.05, 0.1) is 6.42 Å². The largest absolute Gasteiger partial charge is 0.508 e. The molecule has 1 N–H and O–H groups in total. The predicted molar refractivity (Wildman–Crippen MR) is 52.2 cm³/mol. The number of benzene rings is 1. The Morgan fingerprint density at radius 1 is 1.38 bits per heavy atom. The Hall–Kier alpha value is -1.78. The van der Waals surface area contributed by atoms with Crippen LogP contribution in [0.2, 0.25) is 0 Å². The number of halogens is 3. The van der Waals surface area contributed by atoms with Gasteiger partial charge in [-0.3, -0.25) is 4.79 Å². The van der Waals surface area contributed by atoms with E-state index < -0.39 is 18.4 Å². The summed E-state index contributed by atoms with van der Waals surface area (Å²) in [5.41, 5.74) is 0.151. The average Bonchev–Trinajstić information content (AvgIpc) is 2.15. The number of alkyl halides is 3. The SMILES string of the molecule is O=C(/C=C/CC(F)(F)F)c1cccc(O)c1. The van der Waals surface area contributed by atoms with Crippen molar-refractivity contribution in [2.45, 2.75) is 12.6 Å². The lowest BCUT2D eigenvalue weighted by molar-refractivity contribution is -0.125.